The number of hydrogen-bond donors (Lipinski definition) is 7. The van der Waals surface area contributed by atoms with Crippen molar-refractivity contribution >= 4 is 0 Å². The monoisotopic (exact) mass is 420 g/mol. The summed E-state index contributed by atoms with van der Waals surface area (Å²) in [6.45, 7) is 1.43. The van der Waals surface area contributed by atoms with Crippen LogP contribution in [0.25, 0.3) is 0 Å². The first-order chi connectivity index (χ1) is 13.7. The van der Waals surface area contributed by atoms with Crippen molar-refractivity contribution in [1.29, 1.82) is 0 Å². The molecule has 7 N–H and O–H groups in total. The van der Waals surface area contributed by atoms with Gasteiger partial charge in [0.1, 0.15) is 36.6 Å². The number of phenolic OH excluding ortho intramolecular Hbond substituents is 1. The average Bonchev–Trinajstić information content (AvgIpc) is 2.70. The third-order valence-corrected chi connectivity index (χ3v) is 4.69. The number of aliphatic hydroxyl groups is 6. The van der Waals surface area contributed by atoms with Crippen LogP contribution in [0.3, 0.4) is 0 Å². The zero-order chi connectivity index (χ0) is 21.3. The molecule has 3 rings (SSSR count). The zero-order valence-corrected chi connectivity index (χ0v) is 15.3. The van der Waals surface area contributed by atoms with Crippen LogP contribution in [-0.2, 0) is 19.2 Å². The Hall–Kier alpha value is -1.58. The molecule has 12 nitrogen and oxygen atoms in total. The van der Waals surface area contributed by atoms with Gasteiger partial charge in [0.2, 0.25) is 18.9 Å². The number of para-hydroxylation sites is 2. The summed E-state index contributed by atoms with van der Waals surface area (Å²) >= 11 is 0. The molecule has 12 heteroatoms. The molecule has 164 valence electrons. The Morgan fingerprint density at radius 1 is 0.690 bits per heavy atom. The quantitative estimate of drug-likeness (QED) is 0.193. The fourth-order valence-corrected chi connectivity index (χ4v) is 2.88. The van der Waals surface area contributed by atoms with Gasteiger partial charge in [-0.25, -0.2) is 0 Å². The van der Waals surface area contributed by atoms with Gasteiger partial charge in [-0.3, -0.25) is 0 Å². The summed E-state index contributed by atoms with van der Waals surface area (Å²) in [6.07, 6.45) is -15.5. The van der Waals surface area contributed by atoms with Gasteiger partial charge >= 0.3 is 0 Å². The molecule has 2 heterocycles. The molecule has 1 aromatic carbocycles. The van der Waals surface area contributed by atoms with Crippen molar-refractivity contribution in [3.63, 3.8) is 0 Å². The Kier molecular flexibility index (Phi) is 6.90. The van der Waals surface area contributed by atoms with Crippen LogP contribution in [0, 0.1) is 0 Å². The van der Waals surface area contributed by atoms with Crippen LogP contribution in [-0.4, -0.2) is 97.3 Å². The first-order valence-electron chi connectivity index (χ1n) is 8.86. The number of hydrogen-bond acceptors (Lipinski definition) is 12. The van der Waals surface area contributed by atoms with Gasteiger partial charge in [-0.15, -0.1) is 0 Å². The Balaban J connectivity index is 1.64. The molecule has 2 aliphatic heterocycles. The summed E-state index contributed by atoms with van der Waals surface area (Å²) in [7, 11) is 0. The van der Waals surface area contributed by atoms with Crippen LogP contribution in [0.4, 0.5) is 0 Å². The second-order valence-electron chi connectivity index (χ2n) is 6.80. The van der Waals surface area contributed by atoms with Crippen LogP contribution in [0.15, 0.2) is 24.3 Å². The molecule has 0 bridgehead atoms. The molecule has 2 aliphatic rings. The van der Waals surface area contributed by atoms with Gasteiger partial charge in [-0.2, -0.15) is 9.78 Å². The maximum atomic E-state index is 10.1. The minimum Gasteiger partial charge on any atom is -0.504 e. The lowest BCUT2D eigenvalue weighted by atomic mass is 10.0. The van der Waals surface area contributed by atoms with Gasteiger partial charge in [-0.05, 0) is 19.1 Å². The third kappa shape index (κ3) is 4.62. The molecular formula is C17H24O12. The second kappa shape index (κ2) is 9.06. The molecule has 2 saturated heterocycles. The lowest BCUT2D eigenvalue weighted by molar-refractivity contribution is -0.491. The van der Waals surface area contributed by atoms with Crippen LogP contribution >= 0.6 is 0 Å². The van der Waals surface area contributed by atoms with E-state index >= 15 is 0 Å². The fraction of sp³-hybridized carbons (Fsp3) is 0.647. The van der Waals surface area contributed by atoms with E-state index in [9.17, 15) is 35.7 Å². The standard InChI is InChI=1S/C17H24O12/c1-6-9(19)10(20)13(23)16(25-6)28-29-17-14(24)11(21)12(22)15(27-17)26-8-5-3-2-4-7(8)18/h2-6,9-24H,1H3. The highest BCUT2D eigenvalue weighted by atomic mass is 17.3. The third-order valence-electron chi connectivity index (χ3n) is 4.69. The molecule has 0 radical (unpaired) electrons. The molecule has 0 aromatic heterocycles. The number of aromatic hydroxyl groups is 1. The summed E-state index contributed by atoms with van der Waals surface area (Å²) in [5.74, 6) is -0.310. The number of benzene rings is 1. The van der Waals surface area contributed by atoms with E-state index in [-0.39, 0.29) is 11.5 Å². The number of aliphatic hydroxyl groups excluding tert-OH is 6. The Bertz CT molecular complexity index is 674. The number of phenols is 1. The molecule has 29 heavy (non-hydrogen) atoms. The first kappa shape index (κ1) is 22.1. The first-order valence-corrected chi connectivity index (χ1v) is 8.86. The predicted molar refractivity (Wildman–Crippen MR) is 89.9 cm³/mol. The summed E-state index contributed by atoms with van der Waals surface area (Å²) < 4.78 is 15.8. The summed E-state index contributed by atoms with van der Waals surface area (Å²) in [5.41, 5.74) is 0. The van der Waals surface area contributed by atoms with Gasteiger partial charge in [0.05, 0.1) is 6.10 Å². The Morgan fingerprint density at radius 3 is 1.83 bits per heavy atom. The predicted octanol–water partition coefficient (Wildman–Crippen LogP) is -2.69. The van der Waals surface area contributed by atoms with Crippen molar-refractivity contribution in [3.05, 3.63) is 24.3 Å². The van der Waals surface area contributed by atoms with E-state index < -0.39 is 61.6 Å². The van der Waals surface area contributed by atoms with Crippen molar-refractivity contribution < 1.29 is 59.7 Å². The maximum absolute atomic E-state index is 10.1. The smallest absolute Gasteiger partial charge is 0.231 e. The molecule has 2 fully saturated rings. The van der Waals surface area contributed by atoms with Crippen molar-refractivity contribution in [3.8, 4) is 11.5 Å². The summed E-state index contributed by atoms with van der Waals surface area (Å²) in [5, 5.41) is 69.3. The highest BCUT2D eigenvalue weighted by Crippen LogP contribution is 2.31. The molecule has 0 spiro atoms. The number of rotatable bonds is 5. The van der Waals surface area contributed by atoms with Gasteiger partial charge in [-0.1, -0.05) is 12.1 Å². The molecular weight excluding hydrogens is 396 g/mol. The van der Waals surface area contributed by atoms with E-state index in [1.807, 2.05) is 0 Å². The molecule has 0 amide bonds. The van der Waals surface area contributed by atoms with E-state index in [2.05, 4.69) is 0 Å². The molecule has 0 saturated carbocycles. The van der Waals surface area contributed by atoms with Crippen LogP contribution in [0.2, 0.25) is 0 Å². The van der Waals surface area contributed by atoms with Gasteiger partial charge in [0.15, 0.2) is 11.5 Å². The second-order valence-corrected chi connectivity index (χ2v) is 6.80. The molecule has 0 aliphatic carbocycles. The van der Waals surface area contributed by atoms with E-state index in [4.69, 9.17) is 24.0 Å². The Morgan fingerprint density at radius 2 is 1.21 bits per heavy atom. The van der Waals surface area contributed by atoms with Gasteiger partial charge < -0.3 is 50.0 Å². The van der Waals surface area contributed by atoms with E-state index in [0.29, 0.717) is 0 Å². The molecule has 10 unspecified atom stereocenters. The van der Waals surface area contributed by atoms with Crippen molar-refractivity contribution in [2.24, 2.45) is 0 Å². The summed E-state index contributed by atoms with van der Waals surface area (Å²) in [6, 6.07) is 5.81. The average molecular weight is 420 g/mol. The zero-order valence-electron chi connectivity index (χ0n) is 15.3. The van der Waals surface area contributed by atoms with Crippen LogP contribution < -0.4 is 4.74 Å². The minimum absolute atomic E-state index is 0.0585. The Labute approximate surface area is 164 Å². The topological polar surface area (TPSA) is 188 Å². The van der Waals surface area contributed by atoms with Crippen molar-refractivity contribution in [1.82, 2.24) is 0 Å². The highest BCUT2D eigenvalue weighted by Gasteiger charge is 2.48. The lowest BCUT2D eigenvalue weighted by Gasteiger charge is -2.41. The molecule has 10 atom stereocenters. The van der Waals surface area contributed by atoms with Gasteiger partial charge in [0.25, 0.3) is 0 Å². The molecule has 1 aromatic rings. The minimum atomic E-state index is -1.78. The van der Waals surface area contributed by atoms with Crippen LogP contribution in [0.5, 0.6) is 11.5 Å². The lowest BCUT2D eigenvalue weighted by Crippen LogP contribution is -2.61. The summed E-state index contributed by atoms with van der Waals surface area (Å²) in [4.78, 5) is 9.76. The van der Waals surface area contributed by atoms with E-state index in [1.165, 1.54) is 19.1 Å². The van der Waals surface area contributed by atoms with Gasteiger partial charge in [0, 0.05) is 0 Å². The normalized spacial score (nSPS) is 43.1. The largest absolute Gasteiger partial charge is 0.504 e. The van der Waals surface area contributed by atoms with E-state index in [1.54, 1.807) is 12.1 Å². The van der Waals surface area contributed by atoms with Crippen molar-refractivity contribution in [2.45, 2.75) is 68.5 Å². The van der Waals surface area contributed by atoms with E-state index in [0.717, 1.165) is 0 Å². The SMILES string of the molecule is CC1OC(OOC2OC(Oc3ccccc3O)C(O)C(O)C2O)C(O)C(O)C1O. The number of ether oxygens (including phenoxy) is 3. The van der Waals surface area contributed by atoms with Crippen LogP contribution in [0.1, 0.15) is 6.92 Å². The van der Waals surface area contributed by atoms with Crippen molar-refractivity contribution in [2.75, 3.05) is 0 Å². The highest BCUT2D eigenvalue weighted by molar-refractivity contribution is 5.38. The maximum Gasteiger partial charge on any atom is 0.231 e. The fourth-order valence-electron chi connectivity index (χ4n) is 2.88.